The van der Waals surface area contributed by atoms with Crippen LogP contribution in [-0.4, -0.2) is 44.6 Å². The lowest BCUT2D eigenvalue weighted by Gasteiger charge is -2.36. The van der Waals surface area contributed by atoms with Crippen LogP contribution < -0.4 is 14.4 Å². The van der Waals surface area contributed by atoms with Crippen LogP contribution in [0.25, 0.3) is 22.3 Å². The average Bonchev–Trinajstić information content (AvgIpc) is 3.31. The van der Waals surface area contributed by atoms with E-state index in [0.717, 1.165) is 43.7 Å². The summed E-state index contributed by atoms with van der Waals surface area (Å²) in [4.78, 5) is 4.80. The van der Waals surface area contributed by atoms with Crippen molar-refractivity contribution in [3.8, 4) is 22.8 Å². The number of hydrogen-bond acceptors (Lipinski definition) is 5. The molecule has 1 aliphatic heterocycles. The number of nitrogens with zero attached hydrogens (tertiary/aromatic N) is 2. The van der Waals surface area contributed by atoms with E-state index >= 15 is 0 Å². The maximum absolute atomic E-state index is 12.5. The molecule has 0 aliphatic carbocycles. The first-order valence-electron chi connectivity index (χ1n) is 11.4. The number of benzene rings is 3. The van der Waals surface area contributed by atoms with Crippen LogP contribution >= 0.6 is 0 Å². The Kier molecular flexibility index (Phi) is 6.30. The number of alkyl halides is 3. The van der Waals surface area contributed by atoms with E-state index in [4.69, 9.17) is 9.15 Å². The number of halogens is 3. The van der Waals surface area contributed by atoms with Gasteiger partial charge in [-0.1, -0.05) is 24.3 Å². The minimum Gasteiger partial charge on any atom is -0.493 e. The maximum Gasteiger partial charge on any atom is 0.573 e. The molecule has 4 aromatic rings. The molecule has 182 valence electrons. The molecule has 3 aromatic carbocycles. The Bertz CT molecular complexity index is 1280. The van der Waals surface area contributed by atoms with Gasteiger partial charge in [0.2, 0.25) is 0 Å². The van der Waals surface area contributed by atoms with Crippen molar-refractivity contribution in [2.24, 2.45) is 0 Å². The van der Waals surface area contributed by atoms with Gasteiger partial charge in [-0.05, 0) is 54.1 Å². The lowest BCUT2D eigenvalue weighted by atomic mass is 10.1. The molecule has 0 amide bonds. The number of rotatable bonds is 6. The van der Waals surface area contributed by atoms with E-state index in [1.807, 2.05) is 24.3 Å². The molecule has 1 fully saturated rings. The van der Waals surface area contributed by atoms with Gasteiger partial charge in [0.05, 0.1) is 7.11 Å². The summed E-state index contributed by atoms with van der Waals surface area (Å²) in [5.74, 6) is 0.893. The summed E-state index contributed by atoms with van der Waals surface area (Å²) in [6, 6.07) is 21.9. The SMILES string of the molecule is COc1ccc(CN2CCN(c3ccccc3)CC2)c2cc(-c3ccc(OC(F)(F)F)cc3)oc12. The second-order valence-corrected chi connectivity index (χ2v) is 8.45. The van der Waals surface area contributed by atoms with Crippen LogP contribution in [0.15, 0.2) is 77.2 Å². The zero-order chi connectivity index (χ0) is 24.4. The minimum atomic E-state index is -4.73. The first kappa shape index (κ1) is 23.1. The molecule has 1 aromatic heterocycles. The van der Waals surface area contributed by atoms with Crippen molar-refractivity contribution in [2.75, 3.05) is 38.2 Å². The van der Waals surface area contributed by atoms with E-state index < -0.39 is 6.36 Å². The fourth-order valence-electron chi connectivity index (χ4n) is 4.46. The Morgan fingerprint density at radius 2 is 1.60 bits per heavy atom. The second-order valence-electron chi connectivity index (χ2n) is 8.45. The molecule has 5 rings (SSSR count). The van der Waals surface area contributed by atoms with Crippen molar-refractivity contribution in [1.82, 2.24) is 4.90 Å². The van der Waals surface area contributed by atoms with E-state index in [1.165, 1.54) is 17.8 Å². The molecule has 2 heterocycles. The Morgan fingerprint density at radius 3 is 2.26 bits per heavy atom. The number of fused-ring (bicyclic) bond motifs is 1. The van der Waals surface area contributed by atoms with Crippen LogP contribution in [0.5, 0.6) is 11.5 Å². The summed E-state index contributed by atoms with van der Waals surface area (Å²) < 4.78 is 53.0. The van der Waals surface area contributed by atoms with Crippen molar-refractivity contribution in [3.05, 3.63) is 78.4 Å². The number of anilines is 1. The molecule has 1 aliphatic rings. The van der Waals surface area contributed by atoms with Crippen molar-refractivity contribution in [2.45, 2.75) is 12.9 Å². The van der Waals surface area contributed by atoms with Gasteiger partial charge in [-0.2, -0.15) is 0 Å². The predicted molar refractivity (Wildman–Crippen MR) is 129 cm³/mol. The molecular weight excluding hydrogens is 457 g/mol. The van der Waals surface area contributed by atoms with E-state index in [1.54, 1.807) is 19.2 Å². The highest BCUT2D eigenvalue weighted by Crippen LogP contribution is 2.37. The van der Waals surface area contributed by atoms with Crippen molar-refractivity contribution >= 4 is 16.7 Å². The number of hydrogen-bond donors (Lipinski definition) is 0. The molecule has 0 radical (unpaired) electrons. The Hall–Kier alpha value is -3.65. The van der Waals surface area contributed by atoms with E-state index in [9.17, 15) is 13.2 Å². The van der Waals surface area contributed by atoms with E-state index in [0.29, 0.717) is 22.7 Å². The number of piperazine rings is 1. The van der Waals surface area contributed by atoms with Gasteiger partial charge in [0.25, 0.3) is 0 Å². The standard InChI is InChI=1S/C27H25F3N2O3/c1-33-24-12-9-20(18-31-13-15-32(16-14-31)21-5-3-2-4-6-21)23-17-25(34-26(23)24)19-7-10-22(11-8-19)35-27(28,29)30/h2-12,17H,13-16,18H2,1H3. The molecule has 5 nitrogen and oxygen atoms in total. The summed E-state index contributed by atoms with van der Waals surface area (Å²) in [5.41, 5.74) is 3.63. The first-order chi connectivity index (χ1) is 16.9. The van der Waals surface area contributed by atoms with Crippen LogP contribution in [0.3, 0.4) is 0 Å². The lowest BCUT2D eigenvalue weighted by Crippen LogP contribution is -2.45. The number of furan rings is 1. The largest absolute Gasteiger partial charge is 0.573 e. The Morgan fingerprint density at radius 1 is 0.886 bits per heavy atom. The Labute approximate surface area is 201 Å². The zero-order valence-electron chi connectivity index (χ0n) is 19.2. The summed E-state index contributed by atoms with van der Waals surface area (Å²) in [5, 5.41) is 0.931. The maximum atomic E-state index is 12.5. The smallest absolute Gasteiger partial charge is 0.493 e. The predicted octanol–water partition coefficient (Wildman–Crippen LogP) is 6.33. The molecule has 0 unspecified atom stereocenters. The van der Waals surface area contributed by atoms with Gasteiger partial charge in [-0.15, -0.1) is 13.2 Å². The summed E-state index contributed by atoms with van der Waals surface area (Å²) in [6.07, 6.45) is -4.73. The highest BCUT2D eigenvalue weighted by Gasteiger charge is 2.31. The minimum absolute atomic E-state index is 0.273. The van der Waals surface area contributed by atoms with E-state index in [-0.39, 0.29) is 5.75 Å². The number of ether oxygens (including phenoxy) is 2. The van der Waals surface area contributed by atoms with Crippen molar-refractivity contribution < 1.29 is 27.1 Å². The van der Waals surface area contributed by atoms with Crippen LogP contribution in [0.4, 0.5) is 18.9 Å². The normalized spacial score (nSPS) is 14.9. The van der Waals surface area contributed by atoms with Crippen LogP contribution in [0, 0.1) is 0 Å². The van der Waals surface area contributed by atoms with Crippen LogP contribution in [0.2, 0.25) is 0 Å². The summed E-state index contributed by atoms with van der Waals surface area (Å²) in [6.45, 7) is 4.54. The molecule has 35 heavy (non-hydrogen) atoms. The Balaban J connectivity index is 1.35. The third-order valence-electron chi connectivity index (χ3n) is 6.22. The van der Waals surface area contributed by atoms with Crippen LogP contribution in [0.1, 0.15) is 5.56 Å². The molecule has 1 saturated heterocycles. The zero-order valence-corrected chi connectivity index (χ0v) is 19.2. The second kappa shape index (κ2) is 9.54. The van der Waals surface area contributed by atoms with Gasteiger partial charge in [0.15, 0.2) is 11.3 Å². The third-order valence-corrected chi connectivity index (χ3v) is 6.22. The van der Waals surface area contributed by atoms with Crippen LogP contribution in [-0.2, 0) is 6.54 Å². The number of methoxy groups -OCH3 is 1. The van der Waals surface area contributed by atoms with Gasteiger partial charge < -0.3 is 18.8 Å². The monoisotopic (exact) mass is 482 g/mol. The van der Waals surface area contributed by atoms with Crippen molar-refractivity contribution in [3.63, 3.8) is 0 Å². The third kappa shape index (κ3) is 5.22. The molecule has 0 atom stereocenters. The average molecular weight is 483 g/mol. The fraction of sp³-hybridized carbons (Fsp3) is 0.259. The quantitative estimate of drug-likeness (QED) is 0.321. The molecule has 0 bridgehead atoms. The van der Waals surface area contributed by atoms with Crippen molar-refractivity contribution in [1.29, 1.82) is 0 Å². The molecule has 0 saturated carbocycles. The topological polar surface area (TPSA) is 38.1 Å². The van der Waals surface area contributed by atoms with Gasteiger partial charge in [-0.25, -0.2) is 0 Å². The number of para-hydroxylation sites is 1. The first-order valence-corrected chi connectivity index (χ1v) is 11.4. The fourth-order valence-corrected chi connectivity index (χ4v) is 4.46. The van der Waals surface area contributed by atoms with Gasteiger partial charge in [0.1, 0.15) is 11.5 Å². The summed E-state index contributed by atoms with van der Waals surface area (Å²) in [7, 11) is 1.59. The summed E-state index contributed by atoms with van der Waals surface area (Å²) >= 11 is 0. The lowest BCUT2D eigenvalue weighted by molar-refractivity contribution is -0.274. The molecule has 8 heteroatoms. The van der Waals surface area contributed by atoms with Gasteiger partial charge in [0, 0.05) is 49.4 Å². The van der Waals surface area contributed by atoms with Gasteiger partial charge >= 0.3 is 6.36 Å². The van der Waals surface area contributed by atoms with E-state index in [2.05, 4.69) is 38.8 Å². The molecular formula is C27H25F3N2O3. The highest BCUT2D eigenvalue weighted by atomic mass is 19.4. The molecule has 0 spiro atoms. The highest BCUT2D eigenvalue weighted by molar-refractivity contribution is 5.90. The van der Waals surface area contributed by atoms with Gasteiger partial charge in [-0.3, -0.25) is 4.90 Å². The molecule has 0 N–H and O–H groups in total.